The first-order chi connectivity index (χ1) is 13.9. The standard InChI is InChI=1S/C23H23ClN2O3/c1-15-23(24)16(2)26(25-15)14-18-13-17(10-12-21(18)28-3)9-11-20(27)19-7-5-6-8-22(19)29-4/h5-13H,14H2,1-4H3/b11-9+. The first-order valence-electron chi connectivity index (χ1n) is 9.16. The molecule has 0 saturated carbocycles. The highest BCUT2D eigenvalue weighted by Crippen LogP contribution is 2.25. The van der Waals surface area contributed by atoms with E-state index in [4.69, 9.17) is 21.1 Å². The van der Waals surface area contributed by atoms with Crippen LogP contribution in [0.4, 0.5) is 0 Å². The minimum absolute atomic E-state index is 0.120. The van der Waals surface area contributed by atoms with Crippen molar-refractivity contribution in [2.24, 2.45) is 0 Å². The van der Waals surface area contributed by atoms with E-state index in [0.29, 0.717) is 22.9 Å². The van der Waals surface area contributed by atoms with E-state index in [-0.39, 0.29) is 5.78 Å². The zero-order valence-electron chi connectivity index (χ0n) is 16.9. The molecule has 0 aliphatic heterocycles. The molecule has 0 spiro atoms. The first-order valence-corrected chi connectivity index (χ1v) is 9.54. The van der Waals surface area contributed by atoms with Gasteiger partial charge in [0.15, 0.2) is 5.78 Å². The van der Waals surface area contributed by atoms with Crippen molar-refractivity contribution in [3.05, 3.63) is 81.6 Å². The summed E-state index contributed by atoms with van der Waals surface area (Å²) >= 11 is 6.26. The van der Waals surface area contributed by atoms with E-state index in [0.717, 1.165) is 28.3 Å². The average Bonchev–Trinajstić information content (AvgIpc) is 2.98. The van der Waals surface area contributed by atoms with Gasteiger partial charge in [-0.15, -0.1) is 0 Å². The van der Waals surface area contributed by atoms with Crippen molar-refractivity contribution >= 4 is 23.5 Å². The highest BCUT2D eigenvalue weighted by molar-refractivity contribution is 6.31. The lowest BCUT2D eigenvalue weighted by molar-refractivity contribution is 0.104. The minimum atomic E-state index is -0.120. The minimum Gasteiger partial charge on any atom is -0.496 e. The van der Waals surface area contributed by atoms with Gasteiger partial charge in [0.1, 0.15) is 11.5 Å². The molecule has 0 aliphatic carbocycles. The van der Waals surface area contributed by atoms with Gasteiger partial charge in [0.05, 0.1) is 42.7 Å². The highest BCUT2D eigenvalue weighted by atomic mass is 35.5. The summed E-state index contributed by atoms with van der Waals surface area (Å²) in [5.41, 5.74) is 4.05. The van der Waals surface area contributed by atoms with Crippen LogP contribution in [-0.2, 0) is 6.54 Å². The second-order valence-electron chi connectivity index (χ2n) is 6.61. The van der Waals surface area contributed by atoms with Gasteiger partial charge >= 0.3 is 0 Å². The molecule has 150 valence electrons. The van der Waals surface area contributed by atoms with Gasteiger partial charge in [0.2, 0.25) is 0 Å². The highest BCUT2D eigenvalue weighted by Gasteiger charge is 2.12. The largest absolute Gasteiger partial charge is 0.496 e. The lowest BCUT2D eigenvalue weighted by atomic mass is 10.1. The zero-order chi connectivity index (χ0) is 21.0. The van der Waals surface area contributed by atoms with Gasteiger partial charge in [-0.3, -0.25) is 9.48 Å². The Morgan fingerprint density at radius 2 is 1.83 bits per heavy atom. The number of allylic oxidation sites excluding steroid dienone is 1. The number of carbonyl (C=O) groups excluding carboxylic acids is 1. The van der Waals surface area contributed by atoms with E-state index in [1.807, 2.05) is 48.9 Å². The lowest BCUT2D eigenvalue weighted by Gasteiger charge is -2.11. The summed E-state index contributed by atoms with van der Waals surface area (Å²) in [7, 11) is 3.19. The summed E-state index contributed by atoms with van der Waals surface area (Å²) in [6, 6.07) is 12.9. The molecular weight excluding hydrogens is 388 g/mol. The summed E-state index contributed by atoms with van der Waals surface area (Å²) in [5.74, 6) is 1.19. The Balaban J connectivity index is 1.87. The summed E-state index contributed by atoms with van der Waals surface area (Å²) in [4.78, 5) is 12.6. The number of halogens is 1. The van der Waals surface area contributed by atoms with Crippen LogP contribution >= 0.6 is 11.6 Å². The van der Waals surface area contributed by atoms with Crippen molar-refractivity contribution in [3.63, 3.8) is 0 Å². The molecule has 0 radical (unpaired) electrons. The topological polar surface area (TPSA) is 53.4 Å². The van der Waals surface area contributed by atoms with E-state index < -0.39 is 0 Å². The number of rotatable bonds is 7. The molecule has 0 N–H and O–H groups in total. The van der Waals surface area contributed by atoms with Crippen LogP contribution in [0.15, 0.2) is 48.5 Å². The molecular formula is C23H23ClN2O3. The summed E-state index contributed by atoms with van der Waals surface area (Å²) in [6.45, 7) is 4.33. The fraction of sp³-hybridized carbons (Fsp3) is 0.217. The molecule has 0 aliphatic rings. The fourth-order valence-corrected chi connectivity index (χ4v) is 3.26. The van der Waals surface area contributed by atoms with Gasteiger partial charge in [-0.05, 0) is 49.8 Å². The molecule has 29 heavy (non-hydrogen) atoms. The molecule has 0 atom stereocenters. The van der Waals surface area contributed by atoms with Crippen molar-refractivity contribution in [3.8, 4) is 11.5 Å². The van der Waals surface area contributed by atoms with Gasteiger partial charge < -0.3 is 9.47 Å². The Morgan fingerprint density at radius 1 is 1.10 bits per heavy atom. The number of aryl methyl sites for hydroxylation is 1. The molecule has 5 nitrogen and oxygen atoms in total. The van der Waals surface area contributed by atoms with Crippen LogP contribution in [0.25, 0.3) is 6.08 Å². The molecule has 3 rings (SSSR count). The van der Waals surface area contributed by atoms with Gasteiger partial charge in [0.25, 0.3) is 0 Å². The number of nitrogens with zero attached hydrogens (tertiary/aromatic N) is 2. The van der Waals surface area contributed by atoms with Crippen LogP contribution in [0.5, 0.6) is 11.5 Å². The van der Waals surface area contributed by atoms with Gasteiger partial charge in [0, 0.05) is 5.56 Å². The number of ether oxygens (including phenoxy) is 2. The van der Waals surface area contributed by atoms with Gasteiger partial charge in [-0.25, -0.2) is 0 Å². The van der Waals surface area contributed by atoms with Crippen molar-refractivity contribution < 1.29 is 14.3 Å². The van der Waals surface area contributed by atoms with E-state index >= 15 is 0 Å². The third-order valence-corrected chi connectivity index (χ3v) is 5.26. The molecule has 0 amide bonds. The monoisotopic (exact) mass is 410 g/mol. The predicted octanol–water partition coefficient (Wildman–Crippen LogP) is 5.11. The van der Waals surface area contributed by atoms with Crippen molar-refractivity contribution in [1.82, 2.24) is 9.78 Å². The molecule has 0 saturated heterocycles. The molecule has 2 aromatic carbocycles. The Kier molecular flexibility index (Phi) is 6.39. The molecule has 3 aromatic rings. The lowest BCUT2D eigenvalue weighted by Crippen LogP contribution is -2.06. The summed E-state index contributed by atoms with van der Waals surface area (Å²) < 4.78 is 12.6. The number of ketones is 1. The van der Waals surface area contributed by atoms with Crippen LogP contribution in [-0.4, -0.2) is 29.8 Å². The number of methoxy groups -OCH3 is 2. The van der Waals surface area contributed by atoms with Crippen LogP contribution in [0, 0.1) is 13.8 Å². The van der Waals surface area contributed by atoms with Crippen LogP contribution in [0.2, 0.25) is 5.02 Å². The summed E-state index contributed by atoms with van der Waals surface area (Å²) in [6.07, 6.45) is 3.33. The maximum Gasteiger partial charge on any atom is 0.189 e. The van der Waals surface area contributed by atoms with Crippen molar-refractivity contribution in [1.29, 1.82) is 0 Å². The Hall–Kier alpha value is -3.05. The number of para-hydroxylation sites is 1. The van der Waals surface area contributed by atoms with Crippen LogP contribution in [0.1, 0.15) is 32.9 Å². The van der Waals surface area contributed by atoms with Crippen LogP contribution < -0.4 is 9.47 Å². The van der Waals surface area contributed by atoms with Gasteiger partial charge in [-0.1, -0.05) is 35.9 Å². The van der Waals surface area contributed by atoms with E-state index in [9.17, 15) is 4.79 Å². The average molecular weight is 411 g/mol. The van der Waals surface area contributed by atoms with Crippen LogP contribution in [0.3, 0.4) is 0 Å². The number of hydrogen-bond acceptors (Lipinski definition) is 4. The number of carbonyl (C=O) groups is 1. The quantitative estimate of drug-likeness (QED) is 0.401. The Morgan fingerprint density at radius 3 is 2.48 bits per heavy atom. The van der Waals surface area contributed by atoms with Crippen molar-refractivity contribution in [2.45, 2.75) is 20.4 Å². The number of aromatic nitrogens is 2. The van der Waals surface area contributed by atoms with E-state index in [1.54, 1.807) is 38.5 Å². The summed E-state index contributed by atoms with van der Waals surface area (Å²) in [5, 5.41) is 5.16. The number of hydrogen-bond donors (Lipinski definition) is 0. The zero-order valence-corrected chi connectivity index (χ0v) is 17.7. The van der Waals surface area contributed by atoms with Crippen molar-refractivity contribution in [2.75, 3.05) is 14.2 Å². The number of benzene rings is 2. The van der Waals surface area contributed by atoms with Gasteiger partial charge in [-0.2, -0.15) is 5.10 Å². The second-order valence-corrected chi connectivity index (χ2v) is 6.99. The SMILES string of the molecule is COc1ccc(/C=C/C(=O)c2ccccc2OC)cc1Cn1nc(C)c(Cl)c1C. The molecule has 0 bridgehead atoms. The Bertz CT molecular complexity index is 1070. The maximum absolute atomic E-state index is 12.6. The second kappa shape index (κ2) is 8.97. The molecule has 0 unspecified atom stereocenters. The Labute approximate surface area is 175 Å². The normalized spacial score (nSPS) is 11.1. The first kappa shape index (κ1) is 20.7. The third kappa shape index (κ3) is 4.51. The fourth-order valence-electron chi connectivity index (χ4n) is 3.13. The third-order valence-electron chi connectivity index (χ3n) is 4.72. The predicted molar refractivity (Wildman–Crippen MR) is 115 cm³/mol. The van der Waals surface area contributed by atoms with E-state index in [1.165, 1.54) is 0 Å². The molecule has 1 aromatic heterocycles. The smallest absolute Gasteiger partial charge is 0.189 e. The molecule has 6 heteroatoms. The molecule has 1 heterocycles. The molecule has 0 fully saturated rings. The maximum atomic E-state index is 12.6. The van der Waals surface area contributed by atoms with E-state index in [2.05, 4.69) is 5.10 Å².